The van der Waals surface area contributed by atoms with Gasteiger partial charge in [-0.2, -0.15) is 0 Å². The van der Waals surface area contributed by atoms with Crippen molar-refractivity contribution in [3.8, 4) is 0 Å². The standard InChI is InChI=1S/C16H21N3S/c17-13-15(16-7-4-12-20-16)19-10-8-18(9-11-19)14-5-2-1-3-6-14/h1-7,12,15H,8-11,13,17H2. The summed E-state index contributed by atoms with van der Waals surface area (Å²) in [5.41, 5.74) is 7.32. The minimum Gasteiger partial charge on any atom is -0.369 e. The number of thiophene rings is 1. The van der Waals surface area contributed by atoms with Crippen LogP contribution in [-0.2, 0) is 0 Å². The van der Waals surface area contributed by atoms with Gasteiger partial charge in [0.15, 0.2) is 0 Å². The van der Waals surface area contributed by atoms with Gasteiger partial charge in [-0.15, -0.1) is 11.3 Å². The predicted molar refractivity (Wildman–Crippen MR) is 86.3 cm³/mol. The number of piperazine rings is 1. The van der Waals surface area contributed by atoms with Gasteiger partial charge in [-0.25, -0.2) is 0 Å². The molecule has 0 bridgehead atoms. The molecule has 0 radical (unpaired) electrons. The van der Waals surface area contributed by atoms with Crippen LogP contribution in [0.2, 0.25) is 0 Å². The van der Waals surface area contributed by atoms with Crippen LogP contribution in [0.3, 0.4) is 0 Å². The van der Waals surface area contributed by atoms with Crippen LogP contribution < -0.4 is 10.6 Å². The Kier molecular flexibility index (Phi) is 4.35. The molecule has 106 valence electrons. The lowest BCUT2D eigenvalue weighted by molar-refractivity contribution is 0.193. The van der Waals surface area contributed by atoms with Crippen LogP contribution >= 0.6 is 11.3 Å². The van der Waals surface area contributed by atoms with Crippen LogP contribution in [-0.4, -0.2) is 37.6 Å². The number of anilines is 1. The molecule has 1 atom stereocenters. The molecule has 3 nitrogen and oxygen atoms in total. The molecule has 1 aliphatic rings. The SMILES string of the molecule is NCC(c1cccs1)N1CCN(c2ccccc2)CC1. The Morgan fingerprint density at radius 2 is 1.75 bits per heavy atom. The van der Waals surface area contributed by atoms with E-state index in [4.69, 9.17) is 5.73 Å². The van der Waals surface area contributed by atoms with Gasteiger partial charge in [-0.1, -0.05) is 24.3 Å². The van der Waals surface area contributed by atoms with E-state index in [9.17, 15) is 0 Å². The van der Waals surface area contributed by atoms with Gasteiger partial charge in [0.2, 0.25) is 0 Å². The van der Waals surface area contributed by atoms with E-state index >= 15 is 0 Å². The highest BCUT2D eigenvalue weighted by molar-refractivity contribution is 7.10. The van der Waals surface area contributed by atoms with Crippen molar-refractivity contribution in [2.45, 2.75) is 6.04 Å². The number of hydrogen-bond acceptors (Lipinski definition) is 4. The van der Waals surface area contributed by atoms with Crippen molar-refractivity contribution in [2.24, 2.45) is 5.73 Å². The summed E-state index contributed by atoms with van der Waals surface area (Å²) in [6.07, 6.45) is 0. The fourth-order valence-corrected chi connectivity index (χ4v) is 3.73. The first-order valence-electron chi connectivity index (χ1n) is 7.16. The smallest absolute Gasteiger partial charge is 0.0565 e. The molecule has 2 aromatic rings. The summed E-state index contributed by atoms with van der Waals surface area (Å²) in [6.45, 7) is 5.01. The Morgan fingerprint density at radius 3 is 2.35 bits per heavy atom. The minimum absolute atomic E-state index is 0.382. The van der Waals surface area contributed by atoms with Gasteiger partial charge < -0.3 is 10.6 Å². The molecule has 0 amide bonds. The second-order valence-corrected chi connectivity index (χ2v) is 6.10. The molecule has 0 spiro atoms. The van der Waals surface area contributed by atoms with Crippen LogP contribution in [0.4, 0.5) is 5.69 Å². The van der Waals surface area contributed by atoms with Crippen LogP contribution in [0.1, 0.15) is 10.9 Å². The second-order valence-electron chi connectivity index (χ2n) is 5.13. The van der Waals surface area contributed by atoms with Gasteiger partial charge in [0.05, 0.1) is 6.04 Å². The van der Waals surface area contributed by atoms with E-state index in [1.165, 1.54) is 10.6 Å². The van der Waals surface area contributed by atoms with Gasteiger partial charge in [0.1, 0.15) is 0 Å². The lowest BCUT2D eigenvalue weighted by Gasteiger charge is -2.39. The van der Waals surface area contributed by atoms with E-state index in [-0.39, 0.29) is 0 Å². The first-order valence-corrected chi connectivity index (χ1v) is 8.04. The van der Waals surface area contributed by atoms with E-state index < -0.39 is 0 Å². The second kappa shape index (κ2) is 6.39. The molecular formula is C16H21N3S. The summed E-state index contributed by atoms with van der Waals surface area (Å²) >= 11 is 1.81. The van der Waals surface area contributed by atoms with Gasteiger partial charge in [0, 0.05) is 43.3 Å². The summed E-state index contributed by atoms with van der Waals surface area (Å²) in [5.74, 6) is 0. The quantitative estimate of drug-likeness (QED) is 0.938. The topological polar surface area (TPSA) is 32.5 Å². The van der Waals surface area contributed by atoms with E-state index in [1.54, 1.807) is 0 Å². The maximum Gasteiger partial charge on any atom is 0.0565 e. The summed E-state index contributed by atoms with van der Waals surface area (Å²) in [7, 11) is 0. The fraction of sp³-hybridized carbons (Fsp3) is 0.375. The summed E-state index contributed by atoms with van der Waals surface area (Å²) < 4.78 is 0. The Hall–Kier alpha value is -1.36. The summed E-state index contributed by atoms with van der Waals surface area (Å²) in [4.78, 5) is 6.37. The highest BCUT2D eigenvalue weighted by Gasteiger charge is 2.24. The summed E-state index contributed by atoms with van der Waals surface area (Å²) in [6, 6.07) is 15.4. The molecule has 1 aromatic carbocycles. The first-order chi connectivity index (χ1) is 9.88. The van der Waals surface area contributed by atoms with Crippen molar-refractivity contribution < 1.29 is 0 Å². The van der Waals surface area contributed by atoms with Crippen molar-refractivity contribution >= 4 is 17.0 Å². The van der Waals surface area contributed by atoms with Gasteiger partial charge in [0.25, 0.3) is 0 Å². The molecule has 1 saturated heterocycles. The Bertz CT molecular complexity index is 504. The molecule has 3 rings (SSSR count). The van der Waals surface area contributed by atoms with E-state index in [0.717, 1.165) is 26.2 Å². The molecule has 1 aliphatic heterocycles. The monoisotopic (exact) mass is 287 g/mol. The highest BCUT2D eigenvalue weighted by atomic mass is 32.1. The zero-order valence-electron chi connectivity index (χ0n) is 11.6. The predicted octanol–water partition coefficient (Wildman–Crippen LogP) is 2.57. The normalized spacial score (nSPS) is 18.1. The minimum atomic E-state index is 0.382. The first kappa shape index (κ1) is 13.6. The maximum atomic E-state index is 5.99. The third-order valence-corrected chi connectivity index (χ3v) is 4.94. The third kappa shape index (κ3) is 2.87. The number of nitrogens with zero attached hydrogens (tertiary/aromatic N) is 2. The fourth-order valence-electron chi connectivity index (χ4n) is 2.86. The third-order valence-electron chi connectivity index (χ3n) is 3.97. The number of para-hydroxylation sites is 1. The van der Waals surface area contributed by atoms with Crippen LogP contribution in [0.5, 0.6) is 0 Å². The highest BCUT2D eigenvalue weighted by Crippen LogP contribution is 2.26. The van der Waals surface area contributed by atoms with E-state index in [1.807, 2.05) is 11.3 Å². The number of hydrogen-bond donors (Lipinski definition) is 1. The van der Waals surface area contributed by atoms with E-state index in [0.29, 0.717) is 12.6 Å². The lowest BCUT2D eigenvalue weighted by Crippen LogP contribution is -2.49. The van der Waals surface area contributed by atoms with Crippen molar-refractivity contribution in [2.75, 3.05) is 37.6 Å². The number of rotatable bonds is 4. The van der Waals surface area contributed by atoms with Crippen LogP contribution in [0.25, 0.3) is 0 Å². The molecule has 4 heteroatoms. The molecular weight excluding hydrogens is 266 g/mol. The molecule has 1 unspecified atom stereocenters. The Balaban J connectivity index is 1.63. The Morgan fingerprint density at radius 1 is 1.00 bits per heavy atom. The average molecular weight is 287 g/mol. The molecule has 1 aromatic heterocycles. The number of benzene rings is 1. The molecule has 1 fully saturated rings. The maximum absolute atomic E-state index is 5.99. The van der Waals surface area contributed by atoms with Gasteiger partial charge in [-0.3, -0.25) is 4.90 Å². The number of nitrogens with two attached hydrogens (primary N) is 1. The van der Waals surface area contributed by atoms with Gasteiger partial charge in [-0.05, 0) is 23.6 Å². The van der Waals surface area contributed by atoms with Crippen molar-refractivity contribution in [1.29, 1.82) is 0 Å². The molecule has 0 aliphatic carbocycles. The Labute approximate surface area is 124 Å². The largest absolute Gasteiger partial charge is 0.369 e. The van der Waals surface area contributed by atoms with Crippen molar-refractivity contribution in [3.63, 3.8) is 0 Å². The molecule has 0 saturated carbocycles. The zero-order valence-corrected chi connectivity index (χ0v) is 12.4. The molecule has 20 heavy (non-hydrogen) atoms. The average Bonchev–Trinajstić information content (AvgIpc) is 3.04. The van der Waals surface area contributed by atoms with Crippen LogP contribution in [0, 0.1) is 0 Å². The molecule has 2 N–H and O–H groups in total. The molecule has 2 heterocycles. The van der Waals surface area contributed by atoms with Gasteiger partial charge >= 0.3 is 0 Å². The van der Waals surface area contributed by atoms with Crippen LogP contribution in [0.15, 0.2) is 47.8 Å². The lowest BCUT2D eigenvalue weighted by atomic mass is 10.1. The zero-order chi connectivity index (χ0) is 13.8. The van der Waals surface area contributed by atoms with Crippen molar-refractivity contribution in [1.82, 2.24) is 4.90 Å². The van der Waals surface area contributed by atoms with E-state index in [2.05, 4.69) is 57.6 Å². The summed E-state index contributed by atoms with van der Waals surface area (Å²) in [5, 5.41) is 2.14. The van der Waals surface area contributed by atoms with Crippen molar-refractivity contribution in [3.05, 3.63) is 52.7 Å².